The molecule has 6 heteroatoms. The number of likely N-dealkylation sites (tertiary alicyclic amines) is 1. The summed E-state index contributed by atoms with van der Waals surface area (Å²) in [6.07, 6.45) is 0.720. The molecule has 2 atom stereocenters. The number of likely N-dealkylation sites (N-methyl/N-ethyl adjacent to an activating group) is 1. The van der Waals surface area contributed by atoms with Gasteiger partial charge in [-0.15, -0.1) is 0 Å². The zero-order chi connectivity index (χ0) is 17.9. The summed E-state index contributed by atoms with van der Waals surface area (Å²) >= 11 is 0. The topological polar surface area (TPSA) is 77.9 Å². The summed E-state index contributed by atoms with van der Waals surface area (Å²) in [7, 11) is 1.60. The van der Waals surface area contributed by atoms with Gasteiger partial charge in [0, 0.05) is 26.1 Å². The normalized spacial score (nSPS) is 18.5. The largest absolute Gasteiger partial charge is 0.481 e. The molecule has 1 aromatic carbocycles. The van der Waals surface area contributed by atoms with Crippen LogP contribution in [0.25, 0.3) is 0 Å². The maximum Gasteiger partial charge on any atom is 0.305 e. The monoisotopic (exact) mass is 332 g/mol. The van der Waals surface area contributed by atoms with E-state index in [1.165, 1.54) is 4.90 Å². The fourth-order valence-electron chi connectivity index (χ4n) is 2.92. The van der Waals surface area contributed by atoms with Crippen molar-refractivity contribution in [2.24, 2.45) is 0 Å². The molecule has 2 rings (SSSR count). The van der Waals surface area contributed by atoms with E-state index in [4.69, 9.17) is 5.11 Å². The molecule has 1 heterocycles. The number of carboxylic acids is 1. The highest BCUT2D eigenvalue weighted by Crippen LogP contribution is 2.24. The van der Waals surface area contributed by atoms with Crippen molar-refractivity contribution in [1.82, 2.24) is 9.80 Å². The molecule has 0 saturated carbocycles. The Balaban J connectivity index is 2.09. The molecule has 1 unspecified atom stereocenters. The second kappa shape index (κ2) is 7.47. The molecule has 0 radical (unpaired) electrons. The molecule has 0 aliphatic carbocycles. The van der Waals surface area contributed by atoms with Crippen LogP contribution in [0.15, 0.2) is 24.3 Å². The summed E-state index contributed by atoms with van der Waals surface area (Å²) in [6, 6.07) is 6.95. The first-order valence-electron chi connectivity index (χ1n) is 8.13. The van der Waals surface area contributed by atoms with Gasteiger partial charge in [0.25, 0.3) is 0 Å². The zero-order valence-corrected chi connectivity index (χ0v) is 14.4. The molecule has 1 aromatic rings. The standard InChI is InChI=1S/C18H24N2O4/c1-12-4-6-14(7-5-12)11-20-15(8-9-16(20)21)18(24)19(3)13(2)10-17(22)23/h4-7,13,15H,8-11H2,1-3H3,(H,22,23)/t13-,15?/m0/s1. The van der Waals surface area contributed by atoms with Gasteiger partial charge in [-0.25, -0.2) is 0 Å². The molecule has 1 N–H and O–H groups in total. The molecule has 24 heavy (non-hydrogen) atoms. The minimum Gasteiger partial charge on any atom is -0.481 e. The number of carbonyl (C=O) groups is 3. The average Bonchev–Trinajstić information content (AvgIpc) is 2.88. The molecule has 1 aliphatic rings. The SMILES string of the molecule is Cc1ccc(CN2C(=O)CCC2C(=O)N(C)[C@@H](C)CC(=O)O)cc1. The number of hydrogen-bond donors (Lipinski definition) is 1. The summed E-state index contributed by atoms with van der Waals surface area (Å²) in [6.45, 7) is 4.10. The Kier molecular flexibility index (Phi) is 5.59. The van der Waals surface area contributed by atoms with Crippen LogP contribution >= 0.6 is 0 Å². The van der Waals surface area contributed by atoms with E-state index in [1.807, 2.05) is 31.2 Å². The van der Waals surface area contributed by atoms with E-state index in [2.05, 4.69) is 0 Å². The molecule has 1 aliphatic heterocycles. The van der Waals surface area contributed by atoms with Gasteiger partial charge in [-0.05, 0) is 25.8 Å². The highest BCUT2D eigenvalue weighted by Gasteiger charge is 2.38. The number of aryl methyl sites for hydroxylation is 1. The van der Waals surface area contributed by atoms with E-state index in [0.29, 0.717) is 19.4 Å². The molecular formula is C18H24N2O4. The fraction of sp³-hybridized carbons (Fsp3) is 0.500. The first-order chi connectivity index (χ1) is 11.3. The Bertz CT molecular complexity index is 626. The number of hydrogen-bond acceptors (Lipinski definition) is 3. The number of aliphatic carboxylic acids is 1. The van der Waals surface area contributed by atoms with Gasteiger partial charge in [0.2, 0.25) is 11.8 Å². The summed E-state index contributed by atoms with van der Waals surface area (Å²) in [5.74, 6) is -1.17. The van der Waals surface area contributed by atoms with Crippen LogP contribution in [-0.2, 0) is 20.9 Å². The molecule has 0 bridgehead atoms. The Morgan fingerprint density at radius 2 is 1.96 bits per heavy atom. The molecule has 0 spiro atoms. The van der Waals surface area contributed by atoms with Crippen LogP contribution in [0.3, 0.4) is 0 Å². The Morgan fingerprint density at radius 3 is 2.54 bits per heavy atom. The van der Waals surface area contributed by atoms with Crippen molar-refractivity contribution in [2.75, 3.05) is 7.05 Å². The van der Waals surface area contributed by atoms with Gasteiger partial charge in [-0.1, -0.05) is 29.8 Å². The first kappa shape index (κ1) is 18.0. The van der Waals surface area contributed by atoms with Crippen LogP contribution in [-0.4, -0.2) is 51.8 Å². The van der Waals surface area contributed by atoms with Crippen molar-refractivity contribution in [3.05, 3.63) is 35.4 Å². The van der Waals surface area contributed by atoms with E-state index in [-0.39, 0.29) is 18.2 Å². The minimum absolute atomic E-state index is 0.0341. The Hall–Kier alpha value is -2.37. The van der Waals surface area contributed by atoms with Crippen molar-refractivity contribution in [3.8, 4) is 0 Å². The number of carbonyl (C=O) groups excluding carboxylic acids is 2. The van der Waals surface area contributed by atoms with Crippen molar-refractivity contribution in [1.29, 1.82) is 0 Å². The predicted octanol–water partition coefficient (Wildman–Crippen LogP) is 1.81. The second-order valence-corrected chi connectivity index (χ2v) is 6.46. The van der Waals surface area contributed by atoms with E-state index in [9.17, 15) is 14.4 Å². The van der Waals surface area contributed by atoms with Crippen molar-refractivity contribution in [3.63, 3.8) is 0 Å². The highest BCUT2D eigenvalue weighted by molar-refractivity contribution is 5.91. The summed E-state index contributed by atoms with van der Waals surface area (Å²) < 4.78 is 0. The lowest BCUT2D eigenvalue weighted by atomic mass is 10.1. The van der Waals surface area contributed by atoms with E-state index in [0.717, 1.165) is 11.1 Å². The van der Waals surface area contributed by atoms with Gasteiger partial charge >= 0.3 is 5.97 Å². The van der Waals surface area contributed by atoms with Crippen molar-refractivity contribution >= 4 is 17.8 Å². The first-order valence-corrected chi connectivity index (χ1v) is 8.13. The molecule has 1 fully saturated rings. The number of carboxylic acid groups (broad SMARTS) is 1. The van der Waals surface area contributed by atoms with Gasteiger partial charge in [-0.2, -0.15) is 0 Å². The summed E-state index contributed by atoms with van der Waals surface area (Å²) in [4.78, 5) is 38.8. The van der Waals surface area contributed by atoms with E-state index >= 15 is 0 Å². The lowest BCUT2D eigenvalue weighted by Crippen LogP contribution is -2.48. The molecule has 2 amide bonds. The maximum atomic E-state index is 12.7. The Morgan fingerprint density at radius 1 is 1.33 bits per heavy atom. The average molecular weight is 332 g/mol. The number of benzene rings is 1. The predicted molar refractivity (Wildman–Crippen MR) is 89.2 cm³/mol. The summed E-state index contributed by atoms with van der Waals surface area (Å²) in [5.41, 5.74) is 2.12. The number of rotatable bonds is 6. The van der Waals surface area contributed by atoms with Crippen molar-refractivity contribution < 1.29 is 19.5 Å². The highest BCUT2D eigenvalue weighted by atomic mass is 16.4. The second-order valence-electron chi connectivity index (χ2n) is 6.46. The lowest BCUT2D eigenvalue weighted by molar-refractivity contribution is -0.144. The number of amides is 2. The van der Waals surface area contributed by atoms with E-state index < -0.39 is 18.1 Å². The minimum atomic E-state index is -0.943. The zero-order valence-electron chi connectivity index (χ0n) is 14.4. The summed E-state index contributed by atoms with van der Waals surface area (Å²) in [5, 5.41) is 8.89. The smallest absolute Gasteiger partial charge is 0.305 e. The molecule has 6 nitrogen and oxygen atoms in total. The molecule has 0 aromatic heterocycles. The molecular weight excluding hydrogens is 308 g/mol. The van der Waals surface area contributed by atoms with E-state index in [1.54, 1.807) is 18.9 Å². The van der Waals surface area contributed by atoms with Crippen LogP contribution in [0.4, 0.5) is 0 Å². The van der Waals surface area contributed by atoms with Crippen LogP contribution in [0.5, 0.6) is 0 Å². The van der Waals surface area contributed by atoms with Crippen LogP contribution in [0, 0.1) is 6.92 Å². The fourth-order valence-corrected chi connectivity index (χ4v) is 2.92. The van der Waals surface area contributed by atoms with Crippen LogP contribution in [0.1, 0.15) is 37.3 Å². The Labute approximate surface area is 142 Å². The van der Waals surface area contributed by atoms with Crippen LogP contribution < -0.4 is 0 Å². The van der Waals surface area contributed by atoms with Gasteiger partial charge in [0.15, 0.2) is 0 Å². The maximum absolute atomic E-state index is 12.7. The van der Waals surface area contributed by atoms with Gasteiger partial charge in [0.1, 0.15) is 6.04 Å². The third kappa shape index (κ3) is 4.13. The quantitative estimate of drug-likeness (QED) is 0.862. The van der Waals surface area contributed by atoms with Gasteiger partial charge in [-0.3, -0.25) is 14.4 Å². The van der Waals surface area contributed by atoms with Gasteiger partial charge in [0.05, 0.1) is 6.42 Å². The lowest BCUT2D eigenvalue weighted by Gasteiger charge is -2.31. The van der Waals surface area contributed by atoms with Crippen molar-refractivity contribution in [2.45, 2.75) is 51.7 Å². The number of nitrogens with zero attached hydrogens (tertiary/aromatic N) is 2. The third-order valence-corrected chi connectivity index (χ3v) is 4.57. The third-order valence-electron chi connectivity index (χ3n) is 4.57. The molecule has 1 saturated heterocycles. The van der Waals surface area contributed by atoms with Crippen LogP contribution in [0.2, 0.25) is 0 Å². The van der Waals surface area contributed by atoms with Gasteiger partial charge < -0.3 is 14.9 Å². The molecule has 130 valence electrons.